The van der Waals surface area contributed by atoms with Crippen molar-refractivity contribution >= 4 is 16.9 Å². The number of aromatic amines is 1. The highest BCUT2D eigenvalue weighted by molar-refractivity contribution is 5.94. The van der Waals surface area contributed by atoms with Crippen LogP contribution in [0.2, 0.25) is 0 Å². The van der Waals surface area contributed by atoms with Crippen molar-refractivity contribution in [3.05, 3.63) is 45.7 Å². The number of methoxy groups -OCH3 is 1. The molecule has 0 fully saturated rings. The molecule has 1 aromatic heterocycles. The molecule has 0 aliphatic carbocycles. The second-order valence-corrected chi connectivity index (χ2v) is 3.75. The second kappa shape index (κ2) is 4.42. The summed E-state index contributed by atoms with van der Waals surface area (Å²) < 4.78 is 42.7. The van der Waals surface area contributed by atoms with Gasteiger partial charge in [0.1, 0.15) is 5.56 Å². The van der Waals surface area contributed by atoms with Crippen LogP contribution < -0.4 is 5.43 Å². The van der Waals surface area contributed by atoms with Gasteiger partial charge in [-0.1, -0.05) is 6.07 Å². The third-order valence-electron chi connectivity index (χ3n) is 2.63. The topological polar surface area (TPSA) is 59.2 Å². The fraction of sp³-hybridized carbons (Fsp3) is 0.167. The third kappa shape index (κ3) is 2.18. The highest BCUT2D eigenvalue weighted by Crippen LogP contribution is 2.32. The molecule has 0 radical (unpaired) electrons. The lowest BCUT2D eigenvalue weighted by Gasteiger charge is -2.10. The normalized spacial score (nSPS) is 11.6. The van der Waals surface area contributed by atoms with Gasteiger partial charge >= 0.3 is 12.1 Å². The quantitative estimate of drug-likeness (QED) is 0.810. The standard InChI is InChI=1S/C12H8F3NO3/c1-19-11(18)7-5-16-9-6(10(7)17)3-2-4-8(9)12(13,14)15/h2-5H,1H3,(H,16,17). The van der Waals surface area contributed by atoms with Crippen LogP contribution >= 0.6 is 0 Å². The van der Waals surface area contributed by atoms with Gasteiger partial charge < -0.3 is 9.72 Å². The molecule has 0 saturated carbocycles. The third-order valence-corrected chi connectivity index (χ3v) is 2.63. The molecule has 2 aromatic rings. The highest BCUT2D eigenvalue weighted by atomic mass is 19.4. The summed E-state index contributed by atoms with van der Waals surface area (Å²) in [6.45, 7) is 0. The lowest BCUT2D eigenvalue weighted by atomic mass is 10.1. The average Bonchev–Trinajstić information content (AvgIpc) is 2.37. The number of fused-ring (bicyclic) bond motifs is 1. The predicted molar refractivity (Wildman–Crippen MR) is 60.9 cm³/mol. The first-order valence-corrected chi connectivity index (χ1v) is 5.16. The molecule has 19 heavy (non-hydrogen) atoms. The molecule has 0 spiro atoms. The molecule has 0 aliphatic heterocycles. The summed E-state index contributed by atoms with van der Waals surface area (Å²) in [7, 11) is 1.08. The molecule has 0 atom stereocenters. The van der Waals surface area contributed by atoms with Gasteiger partial charge in [-0.25, -0.2) is 4.79 Å². The number of H-pyrrole nitrogens is 1. The van der Waals surface area contributed by atoms with Crippen LogP contribution in [-0.4, -0.2) is 18.1 Å². The summed E-state index contributed by atoms with van der Waals surface area (Å²) in [5.41, 5.74) is -2.45. The molecular weight excluding hydrogens is 263 g/mol. The van der Waals surface area contributed by atoms with E-state index in [-0.39, 0.29) is 16.5 Å². The van der Waals surface area contributed by atoms with E-state index in [1.54, 1.807) is 0 Å². The molecule has 7 heteroatoms. The Morgan fingerprint density at radius 2 is 2.00 bits per heavy atom. The van der Waals surface area contributed by atoms with Gasteiger partial charge in [-0.2, -0.15) is 13.2 Å². The Morgan fingerprint density at radius 1 is 1.32 bits per heavy atom. The number of hydrogen-bond acceptors (Lipinski definition) is 3. The van der Waals surface area contributed by atoms with E-state index in [1.807, 2.05) is 0 Å². The van der Waals surface area contributed by atoms with Crippen LogP contribution in [0.1, 0.15) is 15.9 Å². The van der Waals surface area contributed by atoms with E-state index in [2.05, 4.69) is 9.72 Å². The van der Waals surface area contributed by atoms with Crippen LogP contribution in [0.3, 0.4) is 0 Å². The monoisotopic (exact) mass is 271 g/mol. The summed E-state index contributed by atoms with van der Waals surface area (Å²) >= 11 is 0. The number of benzene rings is 1. The Balaban J connectivity index is 2.80. The highest BCUT2D eigenvalue weighted by Gasteiger charge is 2.33. The largest absolute Gasteiger partial charge is 0.465 e. The first-order chi connectivity index (χ1) is 8.86. The van der Waals surface area contributed by atoms with Gasteiger partial charge in [-0.15, -0.1) is 0 Å². The van der Waals surface area contributed by atoms with E-state index in [0.717, 1.165) is 25.4 Å². The SMILES string of the molecule is COC(=O)c1c[nH]c2c(C(F)(F)F)cccc2c1=O. The number of halogens is 3. The van der Waals surface area contributed by atoms with Gasteiger partial charge in [0.2, 0.25) is 5.43 Å². The summed E-state index contributed by atoms with van der Waals surface area (Å²) in [4.78, 5) is 25.5. The number of para-hydroxylation sites is 1. The molecule has 0 saturated heterocycles. The van der Waals surface area contributed by atoms with E-state index in [4.69, 9.17) is 0 Å². The van der Waals surface area contributed by atoms with Crippen LogP contribution in [0, 0.1) is 0 Å². The Bertz CT molecular complexity index is 703. The van der Waals surface area contributed by atoms with Crippen LogP contribution in [0.15, 0.2) is 29.2 Å². The van der Waals surface area contributed by atoms with Gasteiger partial charge in [0, 0.05) is 11.6 Å². The molecule has 1 aromatic carbocycles. The first-order valence-electron chi connectivity index (χ1n) is 5.16. The first kappa shape index (κ1) is 13.1. The van der Waals surface area contributed by atoms with Gasteiger partial charge in [-0.05, 0) is 12.1 Å². The molecule has 0 amide bonds. The number of rotatable bonds is 1. The molecule has 100 valence electrons. The van der Waals surface area contributed by atoms with Crippen LogP contribution in [0.5, 0.6) is 0 Å². The molecule has 0 bridgehead atoms. The number of carbonyl (C=O) groups excluding carboxylic acids is 1. The number of nitrogens with one attached hydrogen (secondary N) is 1. The Hall–Kier alpha value is -2.31. The lowest BCUT2D eigenvalue weighted by Crippen LogP contribution is -2.18. The number of hydrogen-bond donors (Lipinski definition) is 1. The maximum absolute atomic E-state index is 12.8. The fourth-order valence-corrected chi connectivity index (χ4v) is 1.75. The second-order valence-electron chi connectivity index (χ2n) is 3.75. The number of pyridine rings is 1. The van der Waals surface area contributed by atoms with E-state index < -0.39 is 23.1 Å². The van der Waals surface area contributed by atoms with Crippen molar-refractivity contribution < 1.29 is 22.7 Å². The predicted octanol–water partition coefficient (Wildman–Crippen LogP) is 2.33. The smallest absolute Gasteiger partial charge is 0.418 e. The van der Waals surface area contributed by atoms with Crippen molar-refractivity contribution in [1.29, 1.82) is 0 Å². The summed E-state index contributed by atoms with van der Waals surface area (Å²) in [5.74, 6) is -0.902. The van der Waals surface area contributed by atoms with E-state index in [0.29, 0.717) is 0 Å². The minimum Gasteiger partial charge on any atom is -0.465 e. The van der Waals surface area contributed by atoms with Crippen molar-refractivity contribution in [3.8, 4) is 0 Å². The van der Waals surface area contributed by atoms with Crippen molar-refractivity contribution in [2.75, 3.05) is 7.11 Å². The molecule has 1 heterocycles. The molecule has 2 rings (SSSR count). The minimum atomic E-state index is -4.59. The van der Waals surface area contributed by atoms with Gasteiger partial charge in [0.25, 0.3) is 0 Å². The number of aromatic nitrogens is 1. The van der Waals surface area contributed by atoms with Gasteiger partial charge in [0.15, 0.2) is 0 Å². The van der Waals surface area contributed by atoms with Gasteiger partial charge in [-0.3, -0.25) is 4.79 Å². The minimum absolute atomic E-state index is 0.210. The number of ether oxygens (including phenoxy) is 1. The zero-order valence-corrected chi connectivity index (χ0v) is 9.67. The fourth-order valence-electron chi connectivity index (χ4n) is 1.75. The molecule has 4 nitrogen and oxygen atoms in total. The zero-order valence-electron chi connectivity index (χ0n) is 9.67. The van der Waals surface area contributed by atoms with Crippen molar-refractivity contribution in [3.63, 3.8) is 0 Å². The average molecular weight is 271 g/mol. The number of alkyl halides is 3. The lowest BCUT2D eigenvalue weighted by molar-refractivity contribution is -0.136. The number of esters is 1. The van der Waals surface area contributed by atoms with Crippen LogP contribution in [-0.2, 0) is 10.9 Å². The maximum Gasteiger partial charge on any atom is 0.418 e. The van der Waals surface area contributed by atoms with E-state index >= 15 is 0 Å². The number of carbonyl (C=O) groups is 1. The van der Waals surface area contributed by atoms with Crippen molar-refractivity contribution in [2.45, 2.75) is 6.18 Å². The van der Waals surface area contributed by atoms with E-state index in [1.165, 1.54) is 6.07 Å². The summed E-state index contributed by atoms with van der Waals surface area (Å²) in [6.07, 6.45) is -3.67. The van der Waals surface area contributed by atoms with Crippen LogP contribution in [0.25, 0.3) is 10.9 Å². The molecular formula is C12H8F3NO3. The van der Waals surface area contributed by atoms with E-state index in [9.17, 15) is 22.8 Å². The Labute approximate surface area is 104 Å². The summed E-state index contributed by atoms with van der Waals surface area (Å²) in [6, 6.07) is 3.19. The van der Waals surface area contributed by atoms with Crippen LogP contribution in [0.4, 0.5) is 13.2 Å². The van der Waals surface area contributed by atoms with Crippen molar-refractivity contribution in [2.24, 2.45) is 0 Å². The maximum atomic E-state index is 12.8. The molecule has 1 N–H and O–H groups in total. The Morgan fingerprint density at radius 3 is 2.58 bits per heavy atom. The Kier molecular flexibility index (Phi) is 3.05. The zero-order chi connectivity index (χ0) is 14.2. The summed E-state index contributed by atoms with van der Waals surface area (Å²) in [5, 5.41) is -0.210. The van der Waals surface area contributed by atoms with Gasteiger partial charge in [0.05, 0.1) is 18.2 Å². The molecule has 0 unspecified atom stereocenters. The van der Waals surface area contributed by atoms with Crippen molar-refractivity contribution in [1.82, 2.24) is 4.98 Å². The molecule has 0 aliphatic rings.